The standard InChI is InChI=1S/C21H23F3N8O2/c1-12-26-15(21(22,23)24)5-16(27-12)31-10-20(11-31)3-4-30(9-20)18-25-6-14-17(28-18)32(13-7-34-8-13)19(33)29(14)2/h5-6,13H,3-4,7-11H2,1-2H3. The Morgan fingerprint density at radius 3 is 2.53 bits per heavy atom. The molecule has 13 heteroatoms. The van der Waals surface area contributed by atoms with Gasteiger partial charge in [0.1, 0.15) is 22.9 Å². The largest absolute Gasteiger partial charge is 0.433 e. The van der Waals surface area contributed by atoms with Gasteiger partial charge in [-0.15, -0.1) is 0 Å². The van der Waals surface area contributed by atoms with Crippen LogP contribution >= 0.6 is 0 Å². The molecule has 3 aromatic heterocycles. The number of anilines is 2. The molecule has 0 atom stereocenters. The van der Waals surface area contributed by atoms with Crippen LogP contribution in [0.3, 0.4) is 0 Å². The Morgan fingerprint density at radius 1 is 1.12 bits per heavy atom. The van der Waals surface area contributed by atoms with Crippen LogP contribution in [-0.4, -0.2) is 68.5 Å². The number of hydrogen-bond donors (Lipinski definition) is 0. The minimum absolute atomic E-state index is 0.0260. The quantitative estimate of drug-likeness (QED) is 0.562. The van der Waals surface area contributed by atoms with Gasteiger partial charge >= 0.3 is 11.9 Å². The molecule has 0 bridgehead atoms. The van der Waals surface area contributed by atoms with Crippen molar-refractivity contribution in [2.45, 2.75) is 25.6 Å². The fourth-order valence-electron chi connectivity index (χ4n) is 5.13. The summed E-state index contributed by atoms with van der Waals surface area (Å²) in [6.45, 7) is 5.08. The number of hydrogen-bond acceptors (Lipinski definition) is 8. The van der Waals surface area contributed by atoms with Crippen LogP contribution in [-0.2, 0) is 18.0 Å². The second kappa shape index (κ2) is 7.14. The lowest BCUT2D eigenvalue weighted by atomic mass is 9.79. The van der Waals surface area contributed by atoms with Gasteiger partial charge in [0.25, 0.3) is 0 Å². The third-order valence-electron chi connectivity index (χ3n) is 7.02. The zero-order chi connectivity index (χ0) is 23.8. The third-order valence-corrected chi connectivity index (χ3v) is 7.02. The van der Waals surface area contributed by atoms with Crippen LogP contribution in [0.5, 0.6) is 0 Å². The molecule has 3 fully saturated rings. The Kier molecular flexibility index (Phi) is 4.48. The van der Waals surface area contributed by atoms with Gasteiger partial charge in [0.2, 0.25) is 5.95 Å². The van der Waals surface area contributed by atoms with Gasteiger partial charge in [-0.3, -0.25) is 9.13 Å². The van der Waals surface area contributed by atoms with Gasteiger partial charge in [0.15, 0.2) is 5.65 Å². The van der Waals surface area contributed by atoms with Crippen molar-refractivity contribution in [3.8, 4) is 0 Å². The Morgan fingerprint density at radius 2 is 1.85 bits per heavy atom. The summed E-state index contributed by atoms with van der Waals surface area (Å²) >= 11 is 0. The lowest BCUT2D eigenvalue weighted by molar-refractivity contribution is -0.141. The van der Waals surface area contributed by atoms with Gasteiger partial charge in [-0.2, -0.15) is 18.2 Å². The summed E-state index contributed by atoms with van der Waals surface area (Å²) in [6, 6.07) is 0.990. The van der Waals surface area contributed by atoms with Crippen molar-refractivity contribution in [2.75, 3.05) is 49.2 Å². The third kappa shape index (κ3) is 3.24. The molecule has 0 saturated carbocycles. The van der Waals surface area contributed by atoms with Crippen molar-refractivity contribution in [1.82, 2.24) is 29.1 Å². The van der Waals surface area contributed by atoms with E-state index in [0.717, 1.165) is 19.0 Å². The van der Waals surface area contributed by atoms with Crippen molar-refractivity contribution >= 4 is 22.9 Å². The van der Waals surface area contributed by atoms with E-state index < -0.39 is 11.9 Å². The highest BCUT2D eigenvalue weighted by atomic mass is 19.4. The molecule has 34 heavy (non-hydrogen) atoms. The van der Waals surface area contributed by atoms with Gasteiger partial charge in [-0.1, -0.05) is 0 Å². The van der Waals surface area contributed by atoms with Crippen LogP contribution in [0.1, 0.15) is 24.0 Å². The van der Waals surface area contributed by atoms with Crippen molar-refractivity contribution in [2.24, 2.45) is 12.5 Å². The molecule has 0 aromatic carbocycles. The Balaban J connectivity index is 1.22. The normalized spacial score (nSPS) is 20.3. The monoisotopic (exact) mass is 476 g/mol. The Labute approximate surface area is 192 Å². The van der Waals surface area contributed by atoms with Crippen LogP contribution in [0.25, 0.3) is 11.2 Å². The first-order valence-corrected chi connectivity index (χ1v) is 11.1. The zero-order valence-electron chi connectivity index (χ0n) is 18.7. The molecule has 0 amide bonds. The maximum atomic E-state index is 13.1. The van der Waals surface area contributed by atoms with E-state index in [0.29, 0.717) is 55.8 Å². The van der Waals surface area contributed by atoms with Crippen molar-refractivity contribution in [3.63, 3.8) is 0 Å². The first-order valence-electron chi connectivity index (χ1n) is 11.1. The van der Waals surface area contributed by atoms with E-state index in [4.69, 9.17) is 9.72 Å². The zero-order valence-corrected chi connectivity index (χ0v) is 18.7. The van der Waals surface area contributed by atoms with Gasteiger partial charge in [-0.05, 0) is 13.3 Å². The van der Waals surface area contributed by atoms with E-state index >= 15 is 0 Å². The van der Waals surface area contributed by atoms with Gasteiger partial charge in [0, 0.05) is 44.7 Å². The maximum absolute atomic E-state index is 13.1. The molecule has 180 valence electrons. The Hall–Kier alpha value is -3.22. The average Bonchev–Trinajstić information content (AvgIpc) is 3.27. The molecule has 0 radical (unpaired) electrons. The van der Waals surface area contributed by atoms with Gasteiger partial charge in [0.05, 0.1) is 25.5 Å². The molecule has 6 heterocycles. The summed E-state index contributed by atoms with van der Waals surface area (Å²) in [5, 5.41) is 0. The fraction of sp³-hybridized carbons (Fsp3) is 0.571. The molecule has 3 aromatic rings. The van der Waals surface area contributed by atoms with Crippen molar-refractivity contribution in [1.29, 1.82) is 0 Å². The molecule has 3 aliphatic heterocycles. The van der Waals surface area contributed by atoms with Crippen LogP contribution < -0.4 is 15.5 Å². The van der Waals surface area contributed by atoms with Crippen LogP contribution in [0.4, 0.5) is 24.9 Å². The van der Waals surface area contributed by atoms with Crippen molar-refractivity contribution < 1.29 is 17.9 Å². The highest BCUT2D eigenvalue weighted by Gasteiger charge is 2.49. The number of alkyl halides is 3. The van der Waals surface area contributed by atoms with Crippen LogP contribution in [0.15, 0.2) is 17.1 Å². The fourth-order valence-corrected chi connectivity index (χ4v) is 5.13. The van der Waals surface area contributed by atoms with E-state index in [1.54, 1.807) is 22.4 Å². The highest BCUT2D eigenvalue weighted by molar-refractivity contribution is 5.72. The Bertz CT molecular complexity index is 1340. The van der Waals surface area contributed by atoms with E-state index in [1.807, 2.05) is 4.90 Å². The molecule has 0 N–H and O–H groups in total. The smallest absolute Gasteiger partial charge is 0.377 e. The number of rotatable bonds is 3. The summed E-state index contributed by atoms with van der Waals surface area (Å²) in [5.41, 5.74) is 0.146. The molecule has 3 saturated heterocycles. The predicted molar refractivity (Wildman–Crippen MR) is 116 cm³/mol. The summed E-state index contributed by atoms with van der Waals surface area (Å²) in [4.78, 5) is 33.6. The first kappa shape index (κ1) is 21.3. The number of aromatic nitrogens is 6. The van der Waals surface area contributed by atoms with Crippen LogP contribution in [0, 0.1) is 12.3 Å². The average molecular weight is 476 g/mol. The summed E-state index contributed by atoms with van der Waals surface area (Å²) < 4.78 is 47.9. The molecule has 1 spiro atoms. The van der Waals surface area contributed by atoms with E-state index in [9.17, 15) is 18.0 Å². The van der Waals surface area contributed by atoms with Gasteiger partial charge < -0.3 is 14.5 Å². The SMILES string of the molecule is Cc1nc(N2CC3(CCN(c4ncc5c(n4)n(C4COC4)c(=O)n5C)C3)C2)cc(C(F)(F)F)n1. The summed E-state index contributed by atoms with van der Waals surface area (Å²) in [5.74, 6) is 0.962. The minimum Gasteiger partial charge on any atom is -0.377 e. The number of ether oxygens (including phenoxy) is 1. The van der Waals surface area contributed by atoms with Crippen LogP contribution in [0.2, 0.25) is 0 Å². The lowest BCUT2D eigenvalue weighted by Gasteiger charge is -2.48. The van der Waals surface area contributed by atoms with E-state index in [1.165, 1.54) is 6.92 Å². The molecule has 0 unspecified atom stereocenters. The van der Waals surface area contributed by atoms with E-state index in [2.05, 4.69) is 19.9 Å². The number of fused-ring (bicyclic) bond motifs is 1. The number of imidazole rings is 1. The highest BCUT2D eigenvalue weighted by Crippen LogP contribution is 2.43. The summed E-state index contributed by atoms with van der Waals surface area (Å²) in [7, 11) is 1.70. The molecule has 10 nitrogen and oxygen atoms in total. The minimum atomic E-state index is -4.50. The number of halogens is 3. The predicted octanol–water partition coefficient (Wildman–Crippen LogP) is 1.54. The van der Waals surface area contributed by atoms with E-state index in [-0.39, 0.29) is 23.0 Å². The van der Waals surface area contributed by atoms with Crippen molar-refractivity contribution in [3.05, 3.63) is 34.3 Å². The number of nitrogens with zero attached hydrogens (tertiary/aromatic N) is 8. The molecule has 6 rings (SSSR count). The second-order valence-electron chi connectivity index (χ2n) is 9.47. The molecular weight excluding hydrogens is 453 g/mol. The second-order valence-corrected chi connectivity index (χ2v) is 9.47. The van der Waals surface area contributed by atoms with Gasteiger partial charge in [-0.25, -0.2) is 19.7 Å². The lowest BCUT2D eigenvalue weighted by Crippen LogP contribution is -2.58. The molecule has 0 aliphatic carbocycles. The first-order chi connectivity index (χ1) is 16.1. The maximum Gasteiger partial charge on any atom is 0.433 e. The summed E-state index contributed by atoms with van der Waals surface area (Å²) in [6.07, 6.45) is -1.95. The number of aryl methyl sites for hydroxylation is 2. The molecular formula is C21H23F3N8O2. The topological polar surface area (TPSA) is 94.2 Å². The molecule has 3 aliphatic rings.